The summed E-state index contributed by atoms with van der Waals surface area (Å²) in [4.78, 5) is 13.2. The Morgan fingerprint density at radius 3 is 2.33 bits per heavy atom. The number of nitrogens with one attached hydrogen (secondary N) is 1. The standard InChI is InChI=1S/C26H19NO2S/c28-26(27-15-7-9-19-16-18-8-1-6-14-25(18)30-19)29-17-24-22-12-4-2-10-20(22)21-11-3-5-13-23(21)24/h1-6,8,10-14,16,24H,15,17H2,(H,27,28). The third-order valence-electron chi connectivity index (χ3n) is 5.30. The molecule has 0 aliphatic heterocycles. The van der Waals surface area contributed by atoms with Crippen molar-refractivity contribution in [3.05, 3.63) is 94.9 Å². The van der Waals surface area contributed by atoms with Gasteiger partial charge in [-0.3, -0.25) is 0 Å². The Hall–Kier alpha value is -3.55. The topological polar surface area (TPSA) is 38.3 Å². The maximum absolute atomic E-state index is 12.2. The highest BCUT2D eigenvalue weighted by Crippen LogP contribution is 2.44. The van der Waals surface area contributed by atoms with Crippen LogP contribution in [0.5, 0.6) is 0 Å². The van der Waals surface area contributed by atoms with Crippen molar-refractivity contribution in [2.75, 3.05) is 13.2 Å². The average Bonchev–Trinajstić information content (AvgIpc) is 3.34. The molecule has 0 spiro atoms. The molecule has 0 fully saturated rings. The van der Waals surface area contributed by atoms with Crippen molar-refractivity contribution in [1.82, 2.24) is 5.32 Å². The lowest BCUT2D eigenvalue weighted by atomic mass is 9.98. The van der Waals surface area contributed by atoms with E-state index < -0.39 is 6.09 Å². The molecular formula is C26H19NO2S. The van der Waals surface area contributed by atoms with Gasteiger partial charge in [0.1, 0.15) is 6.61 Å². The zero-order valence-electron chi connectivity index (χ0n) is 16.2. The van der Waals surface area contributed by atoms with Gasteiger partial charge in [-0.15, -0.1) is 11.3 Å². The van der Waals surface area contributed by atoms with E-state index in [4.69, 9.17) is 4.74 Å². The molecule has 0 unspecified atom stereocenters. The number of rotatable bonds is 3. The van der Waals surface area contributed by atoms with Gasteiger partial charge < -0.3 is 10.1 Å². The van der Waals surface area contributed by atoms with Gasteiger partial charge in [-0.1, -0.05) is 78.6 Å². The Morgan fingerprint density at radius 1 is 0.933 bits per heavy atom. The van der Waals surface area contributed by atoms with Crippen LogP contribution >= 0.6 is 11.3 Å². The van der Waals surface area contributed by atoms with Crippen LogP contribution in [-0.4, -0.2) is 19.2 Å². The Balaban J connectivity index is 1.19. The van der Waals surface area contributed by atoms with Gasteiger partial charge in [-0.05, 0) is 39.8 Å². The normalized spacial score (nSPS) is 12.0. The fourth-order valence-corrected chi connectivity index (χ4v) is 4.88. The number of carbonyl (C=O) groups excluding carboxylic acids is 1. The molecule has 1 N–H and O–H groups in total. The van der Waals surface area contributed by atoms with Gasteiger partial charge in [0, 0.05) is 10.6 Å². The largest absolute Gasteiger partial charge is 0.449 e. The summed E-state index contributed by atoms with van der Waals surface area (Å²) in [7, 11) is 0. The molecule has 0 atom stereocenters. The van der Waals surface area contributed by atoms with Crippen molar-refractivity contribution in [3.8, 4) is 23.0 Å². The maximum atomic E-state index is 12.2. The van der Waals surface area contributed by atoms with Crippen molar-refractivity contribution in [3.63, 3.8) is 0 Å². The van der Waals surface area contributed by atoms with Gasteiger partial charge >= 0.3 is 6.09 Å². The fourth-order valence-electron chi connectivity index (χ4n) is 3.94. The Kier molecular flexibility index (Phi) is 4.96. The van der Waals surface area contributed by atoms with Gasteiger partial charge in [0.05, 0.1) is 11.4 Å². The molecule has 4 aromatic rings. The van der Waals surface area contributed by atoms with E-state index in [-0.39, 0.29) is 12.5 Å². The van der Waals surface area contributed by atoms with Crippen LogP contribution in [0.25, 0.3) is 21.2 Å². The molecule has 0 radical (unpaired) electrons. The molecule has 1 aliphatic rings. The molecule has 0 bridgehead atoms. The van der Waals surface area contributed by atoms with E-state index in [1.165, 1.54) is 32.3 Å². The predicted octanol–water partition coefficient (Wildman–Crippen LogP) is 5.79. The number of fused-ring (bicyclic) bond motifs is 4. The van der Waals surface area contributed by atoms with Crippen LogP contribution in [-0.2, 0) is 4.74 Å². The number of ether oxygens (including phenoxy) is 1. The number of alkyl carbamates (subject to hydrolysis) is 1. The van der Waals surface area contributed by atoms with Gasteiger partial charge in [0.2, 0.25) is 0 Å². The molecule has 5 rings (SSSR count). The molecule has 0 saturated carbocycles. The number of benzene rings is 3. The number of amides is 1. The van der Waals surface area contributed by atoms with E-state index in [2.05, 4.69) is 59.6 Å². The Morgan fingerprint density at radius 2 is 1.60 bits per heavy atom. The van der Waals surface area contributed by atoms with Crippen molar-refractivity contribution >= 4 is 27.5 Å². The van der Waals surface area contributed by atoms with Gasteiger partial charge in [0.15, 0.2) is 0 Å². The summed E-state index contributed by atoms with van der Waals surface area (Å²) in [5.41, 5.74) is 4.85. The van der Waals surface area contributed by atoms with Gasteiger partial charge in [0.25, 0.3) is 0 Å². The molecule has 1 aliphatic carbocycles. The first-order valence-electron chi connectivity index (χ1n) is 9.86. The van der Waals surface area contributed by atoms with Crippen LogP contribution in [0.2, 0.25) is 0 Å². The summed E-state index contributed by atoms with van der Waals surface area (Å²) in [6, 6.07) is 26.9. The zero-order valence-corrected chi connectivity index (χ0v) is 17.0. The summed E-state index contributed by atoms with van der Waals surface area (Å²) in [5, 5.41) is 3.92. The zero-order chi connectivity index (χ0) is 20.3. The highest BCUT2D eigenvalue weighted by molar-refractivity contribution is 7.19. The number of carbonyl (C=O) groups is 1. The SMILES string of the molecule is O=C(NCC#Cc1cc2ccccc2s1)OCC1c2ccccc2-c2ccccc21. The molecule has 4 heteroatoms. The Labute approximate surface area is 179 Å². The molecule has 3 aromatic carbocycles. The highest BCUT2D eigenvalue weighted by atomic mass is 32.1. The lowest BCUT2D eigenvalue weighted by molar-refractivity contribution is 0.144. The van der Waals surface area contributed by atoms with Gasteiger partial charge in [-0.25, -0.2) is 4.79 Å². The van der Waals surface area contributed by atoms with Crippen LogP contribution in [0.1, 0.15) is 21.9 Å². The van der Waals surface area contributed by atoms with E-state index in [0.29, 0.717) is 6.61 Å². The number of hydrogen-bond donors (Lipinski definition) is 1. The summed E-state index contributed by atoms with van der Waals surface area (Å²) in [6.45, 7) is 0.564. The van der Waals surface area contributed by atoms with E-state index in [0.717, 1.165) is 4.88 Å². The first-order chi connectivity index (χ1) is 14.8. The van der Waals surface area contributed by atoms with Crippen molar-refractivity contribution < 1.29 is 9.53 Å². The minimum Gasteiger partial charge on any atom is -0.449 e. The first-order valence-corrected chi connectivity index (χ1v) is 10.7. The second kappa shape index (κ2) is 8.06. The quantitative estimate of drug-likeness (QED) is 0.435. The molecule has 3 nitrogen and oxygen atoms in total. The van der Waals surface area contributed by atoms with Crippen LogP contribution in [0.3, 0.4) is 0 Å². The van der Waals surface area contributed by atoms with Gasteiger partial charge in [-0.2, -0.15) is 0 Å². The monoisotopic (exact) mass is 409 g/mol. The van der Waals surface area contributed by atoms with E-state index in [1.807, 2.05) is 36.4 Å². The van der Waals surface area contributed by atoms with Crippen molar-refractivity contribution in [1.29, 1.82) is 0 Å². The molecule has 30 heavy (non-hydrogen) atoms. The minimum absolute atomic E-state index is 0.0628. The molecule has 1 heterocycles. The molecule has 0 saturated heterocycles. The van der Waals surface area contributed by atoms with Crippen LogP contribution in [0.4, 0.5) is 4.79 Å². The van der Waals surface area contributed by atoms with E-state index in [9.17, 15) is 4.79 Å². The first kappa shape index (κ1) is 18.5. The molecular weight excluding hydrogens is 390 g/mol. The smallest absolute Gasteiger partial charge is 0.407 e. The summed E-state index contributed by atoms with van der Waals surface area (Å²) in [5.74, 6) is 6.17. The van der Waals surface area contributed by atoms with Crippen molar-refractivity contribution in [2.24, 2.45) is 0 Å². The molecule has 1 aromatic heterocycles. The summed E-state index contributed by atoms with van der Waals surface area (Å²) >= 11 is 1.65. The lowest BCUT2D eigenvalue weighted by Gasteiger charge is -2.14. The number of hydrogen-bond acceptors (Lipinski definition) is 3. The Bertz CT molecular complexity index is 1220. The molecule has 146 valence electrons. The highest BCUT2D eigenvalue weighted by Gasteiger charge is 2.28. The minimum atomic E-state index is -0.442. The third kappa shape index (κ3) is 3.56. The predicted molar refractivity (Wildman–Crippen MR) is 122 cm³/mol. The summed E-state index contributed by atoms with van der Waals surface area (Å²) in [6.07, 6.45) is -0.442. The van der Waals surface area contributed by atoms with Crippen LogP contribution in [0, 0.1) is 11.8 Å². The van der Waals surface area contributed by atoms with Crippen molar-refractivity contribution in [2.45, 2.75) is 5.92 Å². The molecule has 1 amide bonds. The average molecular weight is 410 g/mol. The van der Waals surface area contributed by atoms with E-state index in [1.54, 1.807) is 11.3 Å². The van der Waals surface area contributed by atoms with Crippen LogP contribution in [0.15, 0.2) is 78.9 Å². The fraction of sp³-hybridized carbons (Fsp3) is 0.115. The maximum Gasteiger partial charge on any atom is 0.407 e. The lowest BCUT2D eigenvalue weighted by Crippen LogP contribution is -2.26. The van der Waals surface area contributed by atoms with Crippen LogP contribution < -0.4 is 5.32 Å². The third-order valence-corrected chi connectivity index (χ3v) is 6.33. The van der Waals surface area contributed by atoms with E-state index >= 15 is 0 Å². The summed E-state index contributed by atoms with van der Waals surface area (Å²) < 4.78 is 6.74. The second-order valence-electron chi connectivity index (χ2n) is 7.13. The second-order valence-corrected chi connectivity index (χ2v) is 8.21. The number of thiophene rings is 1.